The first kappa shape index (κ1) is 12.7. The fourth-order valence-electron chi connectivity index (χ4n) is 1.93. The minimum absolute atomic E-state index is 0.502. The molecular weight excluding hydrogens is 224 g/mol. The summed E-state index contributed by atoms with van der Waals surface area (Å²) in [5.74, 6) is 0. The first-order valence-electron chi connectivity index (χ1n) is 6.24. The van der Waals surface area contributed by atoms with E-state index in [0.717, 1.165) is 23.4 Å². The molecule has 1 N–H and O–H groups in total. The van der Waals surface area contributed by atoms with Crippen molar-refractivity contribution < 1.29 is 5.11 Å². The second-order valence-corrected chi connectivity index (χ2v) is 4.44. The van der Waals surface area contributed by atoms with Gasteiger partial charge < -0.3 is 5.11 Å². The first-order chi connectivity index (χ1) is 8.70. The zero-order chi connectivity index (χ0) is 13.0. The molecule has 0 bridgehead atoms. The van der Waals surface area contributed by atoms with Crippen LogP contribution in [0.4, 0.5) is 0 Å². The molecule has 0 aliphatic heterocycles. The number of aromatic nitrogens is 2. The van der Waals surface area contributed by atoms with Crippen molar-refractivity contribution in [2.24, 2.45) is 0 Å². The van der Waals surface area contributed by atoms with Gasteiger partial charge in [0.15, 0.2) is 0 Å². The molecule has 1 atom stereocenters. The number of rotatable bonds is 4. The largest absolute Gasteiger partial charge is 0.386 e. The Balaban J connectivity index is 2.11. The molecule has 0 aliphatic rings. The molecule has 3 nitrogen and oxygen atoms in total. The van der Waals surface area contributed by atoms with Crippen LogP contribution >= 0.6 is 0 Å². The van der Waals surface area contributed by atoms with Crippen molar-refractivity contribution in [3.05, 3.63) is 59.2 Å². The van der Waals surface area contributed by atoms with Crippen LogP contribution in [-0.2, 0) is 12.8 Å². The van der Waals surface area contributed by atoms with Crippen molar-refractivity contribution >= 4 is 0 Å². The normalized spacial score (nSPS) is 12.4. The van der Waals surface area contributed by atoms with Gasteiger partial charge in [-0.2, -0.15) is 0 Å². The maximum absolute atomic E-state index is 10.2. The van der Waals surface area contributed by atoms with Crippen molar-refractivity contribution in [2.75, 3.05) is 0 Å². The lowest BCUT2D eigenvalue weighted by molar-refractivity contribution is 0.171. The molecule has 3 heteroatoms. The molecule has 2 heterocycles. The summed E-state index contributed by atoms with van der Waals surface area (Å²) in [4.78, 5) is 8.59. The summed E-state index contributed by atoms with van der Waals surface area (Å²) >= 11 is 0. The van der Waals surface area contributed by atoms with E-state index in [0.29, 0.717) is 6.42 Å². The van der Waals surface area contributed by atoms with Crippen LogP contribution in [0.1, 0.15) is 35.5 Å². The van der Waals surface area contributed by atoms with Gasteiger partial charge in [-0.05, 0) is 36.6 Å². The zero-order valence-electron chi connectivity index (χ0n) is 10.8. The van der Waals surface area contributed by atoms with E-state index < -0.39 is 6.10 Å². The number of hydrogen-bond acceptors (Lipinski definition) is 3. The minimum Gasteiger partial charge on any atom is -0.386 e. The Morgan fingerprint density at radius 2 is 2.06 bits per heavy atom. The highest BCUT2D eigenvalue weighted by molar-refractivity contribution is 5.22. The Morgan fingerprint density at radius 1 is 1.22 bits per heavy atom. The second kappa shape index (κ2) is 5.74. The van der Waals surface area contributed by atoms with Crippen LogP contribution in [0, 0.1) is 6.92 Å². The molecule has 18 heavy (non-hydrogen) atoms. The summed E-state index contributed by atoms with van der Waals surface area (Å²) < 4.78 is 0. The van der Waals surface area contributed by atoms with E-state index in [1.165, 1.54) is 5.56 Å². The predicted molar refractivity (Wildman–Crippen MR) is 71.3 cm³/mol. The van der Waals surface area contributed by atoms with Gasteiger partial charge >= 0.3 is 0 Å². The van der Waals surface area contributed by atoms with Gasteiger partial charge in [-0.25, -0.2) is 0 Å². The van der Waals surface area contributed by atoms with Crippen LogP contribution in [-0.4, -0.2) is 15.1 Å². The molecule has 0 saturated heterocycles. The molecule has 0 amide bonds. The number of pyridine rings is 2. The average molecular weight is 242 g/mol. The van der Waals surface area contributed by atoms with E-state index in [1.54, 1.807) is 6.20 Å². The van der Waals surface area contributed by atoms with Gasteiger partial charge in [0.2, 0.25) is 0 Å². The number of nitrogens with zero attached hydrogens (tertiary/aromatic N) is 2. The third-order valence-corrected chi connectivity index (χ3v) is 3.06. The Hall–Kier alpha value is -1.74. The molecule has 0 radical (unpaired) electrons. The Morgan fingerprint density at radius 3 is 2.67 bits per heavy atom. The number of aryl methyl sites for hydroxylation is 2. The highest BCUT2D eigenvalue weighted by atomic mass is 16.3. The quantitative estimate of drug-likeness (QED) is 0.896. The van der Waals surface area contributed by atoms with Gasteiger partial charge in [-0.15, -0.1) is 0 Å². The average Bonchev–Trinajstić information content (AvgIpc) is 2.40. The van der Waals surface area contributed by atoms with Crippen LogP contribution < -0.4 is 0 Å². The van der Waals surface area contributed by atoms with Gasteiger partial charge in [-0.3, -0.25) is 9.97 Å². The summed E-state index contributed by atoms with van der Waals surface area (Å²) in [6.45, 7) is 4.06. The van der Waals surface area contributed by atoms with Gasteiger partial charge in [0.25, 0.3) is 0 Å². The third kappa shape index (κ3) is 2.93. The van der Waals surface area contributed by atoms with Crippen LogP contribution in [0.5, 0.6) is 0 Å². The molecule has 0 aromatic carbocycles. The van der Waals surface area contributed by atoms with Gasteiger partial charge in [0.05, 0.1) is 5.69 Å². The zero-order valence-corrected chi connectivity index (χ0v) is 10.8. The van der Waals surface area contributed by atoms with E-state index in [4.69, 9.17) is 0 Å². The first-order valence-corrected chi connectivity index (χ1v) is 6.24. The maximum atomic E-state index is 10.2. The van der Waals surface area contributed by atoms with Gasteiger partial charge in [0, 0.05) is 24.5 Å². The predicted octanol–water partition coefficient (Wildman–Crippen LogP) is 2.62. The third-order valence-electron chi connectivity index (χ3n) is 3.06. The molecule has 0 aliphatic carbocycles. The highest BCUT2D eigenvalue weighted by Crippen LogP contribution is 2.18. The second-order valence-electron chi connectivity index (χ2n) is 4.44. The highest BCUT2D eigenvalue weighted by Gasteiger charge is 2.12. The standard InChI is InChI=1S/C15H18N2O/c1-3-12-6-7-13(17-10-12)9-14(18)15-11(2)5-4-8-16-15/h4-8,10,14,18H,3,9H2,1-2H3. The molecule has 2 aromatic heterocycles. The van der Waals surface area contributed by atoms with Crippen LogP contribution in [0.3, 0.4) is 0 Å². The van der Waals surface area contributed by atoms with Gasteiger partial charge in [-0.1, -0.05) is 19.1 Å². The van der Waals surface area contributed by atoms with Crippen molar-refractivity contribution in [3.8, 4) is 0 Å². The summed E-state index contributed by atoms with van der Waals surface area (Å²) in [5, 5.41) is 10.2. The number of aliphatic hydroxyl groups excluding tert-OH is 1. The van der Waals surface area contributed by atoms with E-state index in [2.05, 4.69) is 23.0 Å². The lowest BCUT2D eigenvalue weighted by Crippen LogP contribution is -2.07. The van der Waals surface area contributed by atoms with E-state index >= 15 is 0 Å². The number of hydrogen-bond donors (Lipinski definition) is 1. The Labute approximate surface area is 108 Å². The monoisotopic (exact) mass is 242 g/mol. The lowest BCUT2D eigenvalue weighted by atomic mass is 10.1. The van der Waals surface area contributed by atoms with E-state index in [-0.39, 0.29) is 0 Å². The molecular formula is C15H18N2O. The number of aliphatic hydroxyl groups is 1. The summed E-state index contributed by atoms with van der Waals surface area (Å²) in [7, 11) is 0. The van der Waals surface area contributed by atoms with Crippen molar-refractivity contribution in [1.82, 2.24) is 9.97 Å². The molecule has 0 fully saturated rings. The molecule has 0 saturated carbocycles. The summed E-state index contributed by atoms with van der Waals surface area (Å²) in [6.07, 6.45) is 4.47. The smallest absolute Gasteiger partial charge is 0.102 e. The van der Waals surface area contributed by atoms with Gasteiger partial charge in [0.1, 0.15) is 6.10 Å². The van der Waals surface area contributed by atoms with Crippen molar-refractivity contribution in [1.29, 1.82) is 0 Å². The summed E-state index contributed by atoms with van der Waals surface area (Å²) in [6, 6.07) is 7.86. The van der Waals surface area contributed by atoms with Crippen LogP contribution in [0.25, 0.3) is 0 Å². The lowest BCUT2D eigenvalue weighted by Gasteiger charge is -2.12. The van der Waals surface area contributed by atoms with Crippen molar-refractivity contribution in [3.63, 3.8) is 0 Å². The van der Waals surface area contributed by atoms with Crippen LogP contribution in [0.15, 0.2) is 36.7 Å². The van der Waals surface area contributed by atoms with Crippen LogP contribution in [0.2, 0.25) is 0 Å². The fourth-order valence-corrected chi connectivity index (χ4v) is 1.93. The molecule has 0 spiro atoms. The molecule has 2 aromatic rings. The fraction of sp³-hybridized carbons (Fsp3) is 0.333. The Kier molecular flexibility index (Phi) is 4.05. The summed E-state index contributed by atoms with van der Waals surface area (Å²) in [5.41, 5.74) is 3.85. The topological polar surface area (TPSA) is 46.0 Å². The molecule has 1 unspecified atom stereocenters. The maximum Gasteiger partial charge on any atom is 0.102 e. The van der Waals surface area contributed by atoms with E-state index in [1.807, 2.05) is 31.3 Å². The minimum atomic E-state index is -0.592. The molecule has 94 valence electrons. The van der Waals surface area contributed by atoms with Crippen molar-refractivity contribution in [2.45, 2.75) is 32.8 Å². The SMILES string of the molecule is CCc1ccc(CC(O)c2ncccc2C)nc1. The van der Waals surface area contributed by atoms with E-state index in [9.17, 15) is 5.11 Å². The Bertz CT molecular complexity index is 508. The molecule has 2 rings (SSSR count).